The van der Waals surface area contributed by atoms with Crippen LogP contribution < -0.4 is 4.74 Å². The number of rotatable bonds is 4. The highest BCUT2D eigenvalue weighted by Gasteiger charge is 2.33. The Kier molecular flexibility index (Phi) is 4.89. The van der Waals surface area contributed by atoms with E-state index in [4.69, 9.17) is 4.74 Å². The Morgan fingerprint density at radius 3 is 2.36 bits per heavy atom. The highest BCUT2D eigenvalue weighted by Crippen LogP contribution is 2.29. The van der Waals surface area contributed by atoms with Gasteiger partial charge in [-0.25, -0.2) is 4.79 Å². The van der Waals surface area contributed by atoms with Crippen LogP contribution in [0.1, 0.15) is 17.2 Å². The number of hydrogen-bond acceptors (Lipinski definition) is 3. The van der Waals surface area contributed by atoms with Crippen LogP contribution in [-0.2, 0) is 11.3 Å². The highest BCUT2D eigenvalue weighted by molar-refractivity contribution is 9.10. The predicted octanol–water partition coefficient (Wildman–Crippen LogP) is 5.04. The van der Waals surface area contributed by atoms with E-state index in [1.165, 1.54) is 29.2 Å². The lowest BCUT2D eigenvalue weighted by atomic mass is 10.1. The number of cyclic esters (lactones) is 1. The van der Waals surface area contributed by atoms with E-state index in [1.807, 2.05) is 24.3 Å². The van der Waals surface area contributed by atoms with Crippen LogP contribution >= 0.6 is 15.9 Å². The van der Waals surface area contributed by atoms with Crippen molar-refractivity contribution >= 4 is 22.0 Å². The Morgan fingerprint density at radius 2 is 1.76 bits per heavy atom. The summed E-state index contributed by atoms with van der Waals surface area (Å²) in [6, 6.07) is 12.9. The summed E-state index contributed by atoms with van der Waals surface area (Å²) in [5.41, 5.74) is 1.57. The molecule has 2 aromatic carbocycles. The van der Waals surface area contributed by atoms with Gasteiger partial charge in [0, 0.05) is 11.0 Å². The molecule has 0 spiro atoms. The smallest absolute Gasteiger partial charge is 0.439 e. The maximum Gasteiger partial charge on any atom is 0.573 e. The van der Waals surface area contributed by atoms with E-state index in [9.17, 15) is 18.0 Å². The first-order chi connectivity index (χ1) is 11.8. The predicted molar refractivity (Wildman–Crippen MR) is 86.9 cm³/mol. The van der Waals surface area contributed by atoms with Crippen molar-refractivity contribution in [1.29, 1.82) is 0 Å². The maximum atomic E-state index is 12.2. The third kappa shape index (κ3) is 4.66. The fourth-order valence-electron chi connectivity index (χ4n) is 2.51. The minimum atomic E-state index is -4.72. The molecule has 0 radical (unpaired) electrons. The Hall–Kier alpha value is -2.22. The number of carbonyl (C=O) groups excluding carboxylic acids is 1. The SMILES string of the molecule is O=C1OC(c2ccc(Br)cc2)CN1Cc1ccc(OC(F)(F)F)cc1. The molecule has 1 aliphatic heterocycles. The summed E-state index contributed by atoms with van der Waals surface area (Å²) >= 11 is 3.35. The van der Waals surface area contributed by atoms with E-state index >= 15 is 0 Å². The lowest BCUT2D eigenvalue weighted by molar-refractivity contribution is -0.274. The zero-order valence-corrected chi connectivity index (χ0v) is 14.4. The quantitative estimate of drug-likeness (QED) is 0.701. The molecule has 1 saturated heterocycles. The first-order valence-corrected chi connectivity index (χ1v) is 8.15. The zero-order chi connectivity index (χ0) is 18.0. The largest absolute Gasteiger partial charge is 0.573 e. The number of amides is 1. The van der Waals surface area contributed by atoms with Crippen LogP contribution in [0, 0.1) is 0 Å². The molecule has 25 heavy (non-hydrogen) atoms. The van der Waals surface area contributed by atoms with Crippen molar-refractivity contribution in [3.8, 4) is 5.75 Å². The molecule has 1 aliphatic rings. The molecular weight excluding hydrogens is 403 g/mol. The second-order valence-electron chi connectivity index (χ2n) is 5.50. The van der Waals surface area contributed by atoms with Crippen molar-refractivity contribution < 1.29 is 27.4 Å². The van der Waals surface area contributed by atoms with E-state index in [0.29, 0.717) is 12.1 Å². The van der Waals surface area contributed by atoms with Gasteiger partial charge in [0.15, 0.2) is 0 Å². The second-order valence-corrected chi connectivity index (χ2v) is 6.41. The molecule has 4 nitrogen and oxygen atoms in total. The lowest BCUT2D eigenvalue weighted by Gasteiger charge is -2.14. The van der Waals surface area contributed by atoms with Gasteiger partial charge in [0.05, 0.1) is 6.54 Å². The molecule has 8 heteroatoms. The average Bonchev–Trinajstić information content (AvgIpc) is 2.89. The summed E-state index contributed by atoms with van der Waals surface area (Å²) in [7, 11) is 0. The van der Waals surface area contributed by atoms with Gasteiger partial charge in [0.1, 0.15) is 11.9 Å². The minimum Gasteiger partial charge on any atom is -0.439 e. The van der Waals surface area contributed by atoms with Crippen LogP contribution in [0.5, 0.6) is 5.75 Å². The van der Waals surface area contributed by atoms with Crippen molar-refractivity contribution in [3.05, 3.63) is 64.1 Å². The summed E-state index contributed by atoms with van der Waals surface area (Å²) in [4.78, 5) is 13.5. The molecule has 1 unspecified atom stereocenters. The summed E-state index contributed by atoms with van der Waals surface area (Å²) < 4.78 is 46.6. The van der Waals surface area contributed by atoms with Crippen LogP contribution in [0.2, 0.25) is 0 Å². The van der Waals surface area contributed by atoms with E-state index in [-0.39, 0.29) is 18.4 Å². The van der Waals surface area contributed by atoms with Crippen LogP contribution in [0.25, 0.3) is 0 Å². The van der Waals surface area contributed by atoms with Gasteiger partial charge in [-0.2, -0.15) is 0 Å². The van der Waals surface area contributed by atoms with Crippen molar-refractivity contribution in [2.75, 3.05) is 6.54 Å². The van der Waals surface area contributed by atoms with Crippen molar-refractivity contribution in [2.45, 2.75) is 19.0 Å². The van der Waals surface area contributed by atoms with Gasteiger partial charge in [-0.1, -0.05) is 40.2 Å². The van der Waals surface area contributed by atoms with Crippen LogP contribution in [-0.4, -0.2) is 23.9 Å². The number of halogens is 4. The van der Waals surface area contributed by atoms with E-state index in [2.05, 4.69) is 20.7 Å². The molecule has 1 heterocycles. The third-order valence-corrected chi connectivity index (χ3v) is 4.19. The topological polar surface area (TPSA) is 38.8 Å². The molecule has 0 bridgehead atoms. The molecule has 1 amide bonds. The average molecular weight is 416 g/mol. The summed E-state index contributed by atoms with van der Waals surface area (Å²) in [5, 5.41) is 0. The van der Waals surface area contributed by atoms with Crippen molar-refractivity contribution in [3.63, 3.8) is 0 Å². The molecule has 0 saturated carbocycles. The number of alkyl halides is 3. The highest BCUT2D eigenvalue weighted by atomic mass is 79.9. The number of ether oxygens (including phenoxy) is 2. The monoisotopic (exact) mass is 415 g/mol. The first kappa shape index (κ1) is 17.6. The fourth-order valence-corrected chi connectivity index (χ4v) is 2.77. The van der Waals surface area contributed by atoms with E-state index < -0.39 is 12.5 Å². The van der Waals surface area contributed by atoms with Gasteiger partial charge in [-0.15, -0.1) is 13.2 Å². The Labute approximate surface area is 150 Å². The number of benzene rings is 2. The number of carbonyl (C=O) groups is 1. The molecule has 0 aliphatic carbocycles. The van der Waals surface area contributed by atoms with Gasteiger partial charge in [-0.3, -0.25) is 4.90 Å². The van der Waals surface area contributed by atoms with Gasteiger partial charge in [0.25, 0.3) is 0 Å². The number of hydrogen-bond donors (Lipinski definition) is 0. The molecule has 1 atom stereocenters. The molecule has 1 fully saturated rings. The van der Waals surface area contributed by atoms with Gasteiger partial charge < -0.3 is 9.47 Å². The number of nitrogens with zero attached hydrogens (tertiary/aromatic N) is 1. The molecule has 2 aromatic rings. The normalized spacial score (nSPS) is 17.5. The second kappa shape index (κ2) is 6.95. The molecular formula is C17H13BrF3NO3. The molecule has 132 valence electrons. The third-order valence-electron chi connectivity index (χ3n) is 3.66. The lowest BCUT2D eigenvalue weighted by Crippen LogP contribution is -2.23. The van der Waals surface area contributed by atoms with Gasteiger partial charge in [-0.05, 0) is 35.4 Å². The van der Waals surface area contributed by atoms with E-state index in [0.717, 1.165) is 10.0 Å². The molecule has 3 rings (SSSR count). The maximum absolute atomic E-state index is 12.2. The van der Waals surface area contributed by atoms with Gasteiger partial charge in [0.2, 0.25) is 0 Å². The first-order valence-electron chi connectivity index (χ1n) is 7.36. The minimum absolute atomic E-state index is 0.248. The van der Waals surface area contributed by atoms with E-state index in [1.54, 1.807) is 0 Å². The van der Waals surface area contributed by atoms with Crippen molar-refractivity contribution in [1.82, 2.24) is 4.90 Å². The van der Waals surface area contributed by atoms with Crippen LogP contribution in [0.3, 0.4) is 0 Å². The Bertz CT molecular complexity index is 747. The summed E-state index contributed by atoms with van der Waals surface area (Å²) in [6.45, 7) is 0.624. The summed E-state index contributed by atoms with van der Waals surface area (Å²) in [6.07, 6.45) is -5.55. The Balaban J connectivity index is 1.63. The summed E-state index contributed by atoms with van der Waals surface area (Å²) in [5.74, 6) is -0.298. The van der Waals surface area contributed by atoms with Gasteiger partial charge >= 0.3 is 12.5 Å². The fraction of sp³-hybridized carbons (Fsp3) is 0.235. The standard InChI is InChI=1S/C17H13BrF3NO3/c18-13-5-3-12(4-6-13)15-10-22(16(23)24-15)9-11-1-7-14(8-2-11)25-17(19,20)21/h1-8,15H,9-10H2. The Morgan fingerprint density at radius 1 is 1.12 bits per heavy atom. The molecule has 0 aromatic heterocycles. The van der Waals surface area contributed by atoms with Crippen LogP contribution in [0.4, 0.5) is 18.0 Å². The van der Waals surface area contributed by atoms with Crippen molar-refractivity contribution in [2.24, 2.45) is 0 Å². The zero-order valence-electron chi connectivity index (χ0n) is 12.8. The molecule has 0 N–H and O–H groups in total. The van der Waals surface area contributed by atoms with Crippen LogP contribution in [0.15, 0.2) is 53.0 Å².